The zero-order valence-electron chi connectivity index (χ0n) is 6.35. The Morgan fingerprint density at radius 3 is 2.00 bits per heavy atom. The molecule has 7 heteroatoms. The van der Waals surface area contributed by atoms with Gasteiger partial charge in [0, 0.05) is 0 Å². The molecule has 0 aromatic rings. The second-order valence-corrected chi connectivity index (χ2v) is 3.65. The molecule has 0 rings (SSSR count). The normalized spacial score (nSPS) is 12.2. The Kier molecular flexibility index (Phi) is 5.92. The lowest BCUT2D eigenvalue weighted by atomic mass is 10.9. The van der Waals surface area contributed by atoms with Crippen molar-refractivity contribution in [3.05, 3.63) is 0 Å². The number of hydrogen-bond donors (Lipinski definition) is 0. The molecule has 5 nitrogen and oxygen atoms in total. The molecule has 11 heavy (non-hydrogen) atoms. The van der Waals surface area contributed by atoms with Crippen LogP contribution in [0.2, 0.25) is 0 Å². The zero-order valence-corrected chi connectivity index (χ0v) is 8.14. The van der Waals surface area contributed by atoms with E-state index < -0.39 is 16.5 Å². The minimum Gasteiger partial charge on any atom is -0.287 e. The van der Waals surface area contributed by atoms with Gasteiger partial charge in [0.05, 0.1) is 13.2 Å². The Bertz CT molecular complexity index is 149. The lowest BCUT2D eigenvalue weighted by Gasteiger charge is -2.10. The SMILES string of the molecule is CCOP(=O)(OCC)OP=O. The van der Waals surface area contributed by atoms with Crippen molar-refractivity contribution in [1.82, 2.24) is 0 Å². The van der Waals surface area contributed by atoms with Gasteiger partial charge in [0.2, 0.25) is 0 Å². The van der Waals surface area contributed by atoms with Crippen LogP contribution in [0, 0.1) is 0 Å². The maximum absolute atomic E-state index is 11.1. The molecule has 0 aromatic heterocycles. The van der Waals surface area contributed by atoms with E-state index in [4.69, 9.17) is 0 Å². The summed E-state index contributed by atoms with van der Waals surface area (Å²) in [4.78, 5) is 0. The van der Waals surface area contributed by atoms with Crippen LogP contribution in [0.4, 0.5) is 0 Å². The van der Waals surface area contributed by atoms with Crippen LogP contribution in [-0.2, 0) is 22.5 Å². The van der Waals surface area contributed by atoms with E-state index in [2.05, 4.69) is 13.4 Å². The third-order valence-electron chi connectivity index (χ3n) is 0.708. The van der Waals surface area contributed by atoms with Gasteiger partial charge in [-0.25, -0.2) is 9.13 Å². The third-order valence-corrected chi connectivity index (χ3v) is 2.92. The fraction of sp³-hybridized carbons (Fsp3) is 1.00. The van der Waals surface area contributed by atoms with Gasteiger partial charge in [0.25, 0.3) is 0 Å². The Balaban J connectivity index is 4.01. The highest BCUT2D eigenvalue weighted by Crippen LogP contribution is 2.52. The van der Waals surface area contributed by atoms with Gasteiger partial charge in [-0.15, -0.1) is 0 Å². The average Bonchev–Trinajstić information content (AvgIpc) is 1.88. The Hall–Kier alpha value is 0.210. The molecule has 0 amide bonds. The smallest absolute Gasteiger partial charge is 0.287 e. The van der Waals surface area contributed by atoms with E-state index in [1.54, 1.807) is 13.8 Å². The highest BCUT2D eigenvalue weighted by atomic mass is 31.2. The zero-order chi connectivity index (χ0) is 8.74. The summed E-state index contributed by atoms with van der Waals surface area (Å²) in [6, 6.07) is 0. The van der Waals surface area contributed by atoms with Gasteiger partial charge in [-0.3, -0.25) is 9.05 Å². The minimum atomic E-state index is -3.54. The summed E-state index contributed by atoms with van der Waals surface area (Å²) in [5, 5.41) is 0. The summed E-state index contributed by atoms with van der Waals surface area (Å²) in [5.74, 6) is 0. The lowest BCUT2D eigenvalue weighted by Crippen LogP contribution is -1.94. The van der Waals surface area contributed by atoms with Crippen LogP contribution in [0.15, 0.2) is 0 Å². The molecule has 0 saturated heterocycles. The molecule has 0 aliphatic carbocycles. The fourth-order valence-electron chi connectivity index (χ4n) is 0.441. The van der Waals surface area contributed by atoms with E-state index in [9.17, 15) is 9.13 Å². The lowest BCUT2D eigenvalue weighted by molar-refractivity contribution is 0.172. The molecule has 0 N–H and O–H groups in total. The molecule has 0 bridgehead atoms. The molecule has 0 aliphatic rings. The van der Waals surface area contributed by atoms with Gasteiger partial charge in [-0.05, 0) is 13.8 Å². The Morgan fingerprint density at radius 1 is 1.27 bits per heavy atom. The molecule has 0 heterocycles. The van der Waals surface area contributed by atoms with Crippen molar-refractivity contribution in [2.45, 2.75) is 13.8 Å². The maximum Gasteiger partial charge on any atom is 0.485 e. The van der Waals surface area contributed by atoms with Gasteiger partial charge in [0.15, 0.2) is 0 Å². The quantitative estimate of drug-likeness (QED) is 0.616. The molecule has 0 unspecified atom stereocenters. The third kappa shape index (κ3) is 4.62. The largest absolute Gasteiger partial charge is 0.485 e. The van der Waals surface area contributed by atoms with Gasteiger partial charge >= 0.3 is 16.5 Å². The average molecular weight is 200 g/mol. The van der Waals surface area contributed by atoms with Crippen LogP contribution in [0.5, 0.6) is 0 Å². The maximum atomic E-state index is 11.1. The van der Waals surface area contributed by atoms with Crippen LogP contribution >= 0.6 is 16.5 Å². The first-order valence-corrected chi connectivity index (χ1v) is 5.28. The first kappa shape index (κ1) is 11.2. The summed E-state index contributed by atoms with van der Waals surface area (Å²) >= 11 is 0. The first-order valence-electron chi connectivity index (χ1n) is 3.09. The number of rotatable bonds is 6. The van der Waals surface area contributed by atoms with E-state index in [1.165, 1.54) is 0 Å². The minimum absolute atomic E-state index is 0.187. The van der Waals surface area contributed by atoms with Crippen molar-refractivity contribution in [2.24, 2.45) is 0 Å². The summed E-state index contributed by atoms with van der Waals surface area (Å²) < 4.78 is 34.5. The van der Waals surface area contributed by atoms with Crippen molar-refractivity contribution < 1.29 is 22.5 Å². The van der Waals surface area contributed by atoms with Crippen molar-refractivity contribution in [3.63, 3.8) is 0 Å². The van der Waals surface area contributed by atoms with Crippen LogP contribution in [0.3, 0.4) is 0 Å². The molecule has 66 valence electrons. The van der Waals surface area contributed by atoms with Crippen LogP contribution in [-0.4, -0.2) is 13.2 Å². The number of phosphoric ester groups is 1. The molecule has 0 aromatic carbocycles. The van der Waals surface area contributed by atoms with Gasteiger partial charge < -0.3 is 0 Å². The van der Waals surface area contributed by atoms with Crippen molar-refractivity contribution >= 4 is 16.5 Å². The molecule has 0 fully saturated rings. The number of phosphoric acid groups is 1. The summed E-state index contributed by atoms with van der Waals surface area (Å²) in [6.45, 7) is 3.65. The van der Waals surface area contributed by atoms with Crippen molar-refractivity contribution in [1.29, 1.82) is 0 Å². The molecule has 0 saturated carbocycles. The second kappa shape index (κ2) is 5.81. The summed E-state index contributed by atoms with van der Waals surface area (Å²) in [6.07, 6.45) is 0. The van der Waals surface area contributed by atoms with E-state index in [-0.39, 0.29) is 13.2 Å². The van der Waals surface area contributed by atoms with Crippen LogP contribution < -0.4 is 0 Å². The molecule has 0 spiro atoms. The van der Waals surface area contributed by atoms with Crippen LogP contribution in [0.25, 0.3) is 0 Å². The fourth-order valence-corrected chi connectivity index (χ4v) is 1.85. The van der Waals surface area contributed by atoms with Crippen LogP contribution in [0.1, 0.15) is 13.8 Å². The van der Waals surface area contributed by atoms with E-state index in [0.29, 0.717) is 0 Å². The Labute approximate surface area is 66.9 Å². The molecule has 0 aliphatic heterocycles. The molecule has 0 atom stereocenters. The van der Waals surface area contributed by atoms with E-state index >= 15 is 0 Å². The highest BCUT2D eigenvalue weighted by molar-refractivity contribution is 7.53. The van der Waals surface area contributed by atoms with Gasteiger partial charge in [-0.2, -0.15) is 4.31 Å². The van der Waals surface area contributed by atoms with E-state index in [0.717, 1.165) is 0 Å². The molecule has 0 radical (unpaired) electrons. The highest BCUT2D eigenvalue weighted by Gasteiger charge is 2.25. The predicted octanol–water partition coefficient (Wildman–Crippen LogP) is 2.39. The summed E-state index contributed by atoms with van der Waals surface area (Å²) in [5.41, 5.74) is 0. The summed E-state index contributed by atoms with van der Waals surface area (Å²) in [7, 11) is -4.25. The molecular formula is C4H10O5P2. The molecular weight excluding hydrogens is 190 g/mol. The predicted molar refractivity (Wildman–Crippen MR) is 39.6 cm³/mol. The monoisotopic (exact) mass is 200 g/mol. The Morgan fingerprint density at radius 2 is 1.73 bits per heavy atom. The van der Waals surface area contributed by atoms with Crippen molar-refractivity contribution in [2.75, 3.05) is 13.2 Å². The van der Waals surface area contributed by atoms with Gasteiger partial charge in [-0.1, -0.05) is 0 Å². The van der Waals surface area contributed by atoms with E-state index in [1.807, 2.05) is 0 Å². The number of hydrogen-bond acceptors (Lipinski definition) is 5. The standard InChI is InChI=1S/C4H10O5P2/c1-3-7-11(6,8-4-2)9-10-5/h3-4H2,1-2H3. The van der Waals surface area contributed by atoms with Crippen molar-refractivity contribution in [3.8, 4) is 0 Å². The topological polar surface area (TPSA) is 61.8 Å². The first-order chi connectivity index (χ1) is 5.18. The van der Waals surface area contributed by atoms with Gasteiger partial charge in [0.1, 0.15) is 0 Å². The second-order valence-electron chi connectivity index (χ2n) is 1.44.